The Morgan fingerprint density at radius 1 is 1.04 bits per heavy atom. The van der Waals surface area contributed by atoms with E-state index in [1.54, 1.807) is 25.1 Å². The highest BCUT2D eigenvalue weighted by Gasteiger charge is 2.10. The number of aromatic nitrogens is 3. The highest BCUT2D eigenvalue weighted by Crippen LogP contribution is 2.29. The molecule has 0 aliphatic heterocycles. The molecule has 28 heavy (non-hydrogen) atoms. The second-order valence-electron chi connectivity index (χ2n) is 6.04. The molecular formula is C21H18N4O2S. The van der Waals surface area contributed by atoms with Gasteiger partial charge in [0, 0.05) is 11.1 Å². The topological polar surface area (TPSA) is 64.4 Å². The zero-order valence-electron chi connectivity index (χ0n) is 15.4. The molecule has 0 bridgehead atoms. The van der Waals surface area contributed by atoms with Crippen LogP contribution in [0.1, 0.15) is 5.56 Å². The molecule has 0 aliphatic rings. The monoisotopic (exact) mass is 390 g/mol. The summed E-state index contributed by atoms with van der Waals surface area (Å²) in [6, 6.07) is 19.6. The van der Waals surface area contributed by atoms with Crippen molar-refractivity contribution in [3.8, 4) is 22.9 Å². The van der Waals surface area contributed by atoms with Crippen molar-refractivity contribution in [2.75, 3.05) is 14.2 Å². The van der Waals surface area contributed by atoms with Crippen LogP contribution in [0, 0.1) is 4.77 Å². The summed E-state index contributed by atoms with van der Waals surface area (Å²) >= 11 is 5.36. The van der Waals surface area contributed by atoms with Gasteiger partial charge in [-0.15, -0.1) is 0 Å². The number of nitrogens with one attached hydrogen (secondary N) is 1. The number of rotatable bonds is 5. The van der Waals surface area contributed by atoms with Gasteiger partial charge in [0.1, 0.15) is 11.5 Å². The van der Waals surface area contributed by atoms with Crippen LogP contribution in [0.3, 0.4) is 0 Å². The fourth-order valence-corrected chi connectivity index (χ4v) is 3.21. The molecule has 0 saturated carbocycles. The zero-order valence-corrected chi connectivity index (χ0v) is 16.2. The maximum atomic E-state index is 5.55. The van der Waals surface area contributed by atoms with Crippen molar-refractivity contribution in [2.45, 2.75) is 0 Å². The molecule has 0 atom stereocenters. The van der Waals surface area contributed by atoms with Gasteiger partial charge in [-0.1, -0.05) is 42.5 Å². The third kappa shape index (κ3) is 3.27. The lowest BCUT2D eigenvalue weighted by Gasteiger charge is -2.10. The maximum absolute atomic E-state index is 5.55. The molecule has 1 N–H and O–H groups in total. The summed E-state index contributed by atoms with van der Waals surface area (Å²) < 4.78 is 12.9. The quantitative estimate of drug-likeness (QED) is 0.398. The Morgan fingerprint density at radius 3 is 2.57 bits per heavy atom. The number of methoxy groups -OCH3 is 2. The Morgan fingerprint density at radius 2 is 1.82 bits per heavy atom. The maximum Gasteiger partial charge on any atom is 0.216 e. The van der Waals surface area contributed by atoms with Gasteiger partial charge in [0.2, 0.25) is 4.77 Å². The van der Waals surface area contributed by atoms with Crippen LogP contribution in [0.25, 0.3) is 22.2 Å². The molecular weight excluding hydrogens is 372 g/mol. The number of benzene rings is 3. The first-order valence-electron chi connectivity index (χ1n) is 8.63. The smallest absolute Gasteiger partial charge is 0.216 e. The van der Waals surface area contributed by atoms with Crippen molar-refractivity contribution < 1.29 is 9.47 Å². The second-order valence-corrected chi connectivity index (χ2v) is 6.43. The van der Waals surface area contributed by atoms with Crippen LogP contribution in [0.15, 0.2) is 65.8 Å². The highest BCUT2D eigenvalue weighted by atomic mass is 32.1. The number of hydrogen-bond acceptors (Lipinski definition) is 5. The second kappa shape index (κ2) is 7.66. The van der Waals surface area contributed by atoms with Gasteiger partial charge in [-0.2, -0.15) is 14.9 Å². The summed E-state index contributed by atoms with van der Waals surface area (Å²) in [6.45, 7) is 0. The number of nitrogens with zero attached hydrogens (tertiary/aromatic N) is 3. The van der Waals surface area contributed by atoms with Gasteiger partial charge in [-0.05, 0) is 41.2 Å². The zero-order chi connectivity index (χ0) is 19.5. The van der Waals surface area contributed by atoms with Gasteiger partial charge in [0.15, 0.2) is 5.82 Å². The van der Waals surface area contributed by atoms with Gasteiger partial charge >= 0.3 is 0 Å². The van der Waals surface area contributed by atoms with E-state index in [9.17, 15) is 0 Å². The predicted octanol–water partition coefficient (Wildman–Crippen LogP) is 4.66. The molecule has 1 aromatic heterocycles. The molecule has 3 aromatic carbocycles. The van der Waals surface area contributed by atoms with Crippen molar-refractivity contribution in [2.24, 2.45) is 5.10 Å². The minimum Gasteiger partial charge on any atom is -0.497 e. The van der Waals surface area contributed by atoms with Crippen molar-refractivity contribution in [3.05, 3.63) is 71.0 Å². The van der Waals surface area contributed by atoms with Gasteiger partial charge in [0.05, 0.1) is 20.4 Å². The van der Waals surface area contributed by atoms with E-state index in [4.69, 9.17) is 21.7 Å². The van der Waals surface area contributed by atoms with Crippen LogP contribution in [0.2, 0.25) is 0 Å². The van der Waals surface area contributed by atoms with Gasteiger partial charge < -0.3 is 9.47 Å². The fraction of sp³-hybridized carbons (Fsp3) is 0.0952. The van der Waals surface area contributed by atoms with E-state index in [-0.39, 0.29) is 0 Å². The molecule has 0 unspecified atom stereocenters. The Labute approximate surface area is 167 Å². The first kappa shape index (κ1) is 17.9. The number of fused-ring (bicyclic) bond motifs is 1. The van der Waals surface area contributed by atoms with Crippen LogP contribution < -0.4 is 9.47 Å². The van der Waals surface area contributed by atoms with Crippen LogP contribution in [0.5, 0.6) is 11.5 Å². The lowest BCUT2D eigenvalue weighted by molar-refractivity contribution is 0.413. The van der Waals surface area contributed by atoms with Crippen molar-refractivity contribution in [3.63, 3.8) is 0 Å². The Hall–Kier alpha value is -3.45. The molecule has 0 radical (unpaired) electrons. The van der Waals surface area contributed by atoms with E-state index in [2.05, 4.69) is 15.3 Å². The summed E-state index contributed by atoms with van der Waals surface area (Å²) in [4.78, 5) is 0. The molecule has 0 saturated heterocycles. The average Bonchev–Trinajstić information content (AvgIpc) is 3.12. The van der Waals surface area contributed by atoms with Gasteiger partial charge in [-0.25, -0.2) is 5.10 Å². The number of hydrogen-bond donors (Lipinski definition) is 1. The average molecular weight is 390 g/mol. The largest absolute Gasteiger partial charge is 0.497 e. The third-order valence-corrected chi connectivity index (χ3v) is 4.70. The third-order valence-electron chi connectivity index (χ3n) is 4.44. The summed E-state index contributed by atoms with van der Waals surface area (Å²) in [5, 5.41) is 13.7. The standard InChI is InChI=1S/C21H18N4O2S/c1-26-16-10-8-14-9-11-19(27-2)18(17(14)12-16)13-22-25-20(23-24-21(25)28)15-6-4-3-5-7-15/h3-13H,1-2H3,(H,24,28)/b22-13-. The van der Waals surface area contributed by atoms with Crippen LogP contribution in [0.4, 0.5) is 0 Å². The molecule has 6 nitrogen and oxygen atoms in total. The fourth-order valence-electron chi connectivity index (χ4n) is 3.03. The first-order chi connectivity index (χ1) is 13.7. The lowest BCUT2D eigenvalue weighted by atomic mass is 10.0. The van der Waals surface area contributed by atoms with Gasteiger partial charge in [-0.3, -0.25) is 0 Å². The molecule has 0 fully saturated rings. The molecule has 1 heterocycles. The predicted molar refractivity (Wildman–Crippen MR) is 113 cm³/mol. The number of H-pyrrole nitrogens is 1. The van der Waals surface area contributed by atoms with E-state index >= 15 is 0 Å². The summed E-state index contributed by atoms with van der Waals surface area (Å²) in [6.07, 6.45) is 1.73. The Balaban J connectivity index is 1.86. The number of aromatic amines is 1. The Kier molecular flexibility index (Phi) is 4.90. The van der Waals surface area contributed by atoms with Gasteiger partial charge in [0.25, 0.3) is 0 Å². The van der Waals surface area contributed by atoms with E-state index in [0.29, 0.717) is 16.3 Å². The minimum absolute atomic E-state index is 0.409. The molecule has 0 aliphatic carbocycles. The molecule has 0 spiro atoms. The normalized spacial score (nSPS) is 11.2. The SMILES string of the molecule is COc1ccc2ccc(OC)c(/C=N\n3c(-c4ccccc4)n[nH]c3=S)c2c1. The molecule has 140 valence electrons. The van der Waals surface area contributed by atoms with E-state index in [1.807, 2.05) is 60.7 Å². The summed E-state index contributed by atoms with van der Waals surface area (Å²) in [5.41, 5.74) is 1.75. The number of ether oxygens (including phenoxy) is 2. The van der Waals surface area contributed by atoms with E-state index < -0.39 is 0 Å². The Bertz CT molecular complexity index is 1210. The molecule has 0 amide bonds. The first-order valence-corrected chi connectivity index (χ1v) is 9.04. The van der Waals surface area contributed by atoms with E-state index in [0.717, 1.165) is 27.6 Å². The van der Waals surface area contributed by atoms with Crippen molar-refractivity contribution >= 4 is 29.2 Å². The summed E-state index contributed by atoms with van der Waals surface area (Å²) in [7, 11) is 3.28. The molecule has 4 aromatic rings. The van der Waals surface area contributed by atoms with Crippen LogP contribution in [-0.4, -0.2) is 35.3 Å². The highest BCUT2D eigenvalue weighted by molar-refractivity contribution is 7.71. The minimum atomic E-state index is 0.409. The summed E-state index contributed by atoms with van der Waals surface area (Å²) in [5.74, 6) is 2.11. The van der Waals surface area contributed by atoms with Crippen molar-refractivity contribution in [1.29, 1.82) is 0 Å². The molecule has 4 rings (SSSR count). The lowest BCUT2D eigenvalue weighted by Crippen LogP contribution is -1.98. The van der Waals surface area contributed by atoms with Crippen LogP contribution >= 0.6 is 12.2 Å². The van der Waals surface area contributed by atoms with Crippen molar-refractivity contribution in [1.82, 2.24) is 14.9 Å². The van der Waals surface area contributed by atoms with Crippen LogP contribution in [-0.2, 0) is 0 Å². The van der Waals surface area contributed by atoms with E-state index in [1.165, 1.54) is 0 Å². The molecule has 7 heteroatoms.